The van der Waals surface area contributed by atoms with Crippen molar-refractivity contribution in [3.05, 3.63) is 34.3 Å². The molecule has 0 spiro atoms. The molecule has 0 fully saturated rings. The Morgan fingerprint density at radius 1 is 1.35 bits per heavy atom. The summed E-state index contributed by atoms with van der Waals surface area (Å²) in [6.45, 7) is 4.96. The molecule has 0 saturated heterocycles. The summed E-state index contributed by atoms with van der Waals surface area (Å²) in [6, 6.07) is 3.22. The van der Waals surface area contributed by atoms with Crippen LogP contribution < -0.4 is 14.8 Å². The molecule has 23 heavy (non-hydrogen) atoms. The van der Waals surface area contributed by atoms with E-state index in [1.807, 2.05) is 6.92 Å². The van der Waals surface area contributed by atoms with Crippen molar-refractivity contribution in [3.63, 3.8) is 0 Å². The standard InChI is InChI=1S/C16H19ClN2O3S/c1-3-5-7-22-14-12(17)9-11(10-13(14)21-4-2)15(20)19-16-18-6-8-23-16/h6,8-10H,3-5,7H2,1-2H3,(H,18,19,20). The molecule has 0 aliphatic carbocycles. The average molecular weight is 355 g/mol. The minimum Gasteiger partial charge on any atom is -0.490 e. The van der Waals surface area contributed by atoms with Crippen LogP contribution in [0.3, 0.4) is 0 Å². The first kappa shape index (κ1) is 17.6. The highest BCUT2D eigenvalue weighted by Crippen LogP contribution is 2.37. The van der Waals surface area contributed by atoms with E-state index in [0.717, 1.165) is 12.8 Å². The van der Waals surface area contributed by atoms with E-state index < -0.39 is 0 Å². The van der Waals surface area contributed by atoms with Gasteiger partial charge < -0.3 is 9.47 Å². The van der Waals surface area contributed by atoms with E-state index in [2.05, 4.69) is 17.2 Å². The molecule has 0 atom stereocenters. The highest BCUT2D eigenvalue weighted by molar-refractivity contribution is 7.13. The second-order valence-corrected chi connectivity index (χ2v) is 6.01. The minimum atomic E-state index is -0.289. The van der Waals surface area contributed by atoms with Crippen molar-refractivity contribution in [2.75, 3.05) is 18.5 Å². The van der Waals surface area contributed by atoms with Crippen molar-refractivity contribution in [3.8, 4) is 11.5 Å². The Balaban J connectivity index is 2.22. The number of amides is 1. The number of nitrogens with one attached hydrogen (secondary N) is 1. The van der Waals surface area contributed by atoms with Crippen LogP contribution in [0.2, 0.25) is 5.02 Å². The third-order valence-corrected chi connectivity index (χ3v) is 3.94. The molecule has 0 unspecified atom stereocenters. The fourth-order valence-corrected chi connectivity index (χ4v) is 2.66. The lowest BCUT2D eigenvalue weighted by atomic mass is 10.2. The van der Waals surface area contributed by atoms with Gasteiger partial charge in [-0.3, -0.25) is 10.1 Å². The van der Waals surface area contributed by atoms with Crippen LogP contribution in [0.4, 0.5) is 5.13 Å². The highest BCUT2D eigenvalue weighted by atomic mass is 35.5. The van der Waals surface area contributed by atoms with Gasteiger partial charge in [-0.25, -0.2) is 4.98 Å². The molecule has 0 bridgehead atoms. The summed E-state index contributed by atoms with van der Waals surface area (Å²) < 4.78 is 11.3. The first-order valence-corrected chi connectivity index (χ1v) is 8.71. The summed E-state index contributed by atoms with van der Waals surface area (Å²) in [5.74, 6) is 0.663. The Labute approximate surface area is 144 Å². The smallest absolute Gasteiger partial charge is 0.257 e. The second-order valence-electron chi connectivity index (χ2n) is 4.71. The lowest BCUT2D eigenvalue weighted by Gasteiger charge is -2.15. The van der Waals surface area contributed by atoms with Crippen LogP contribution in [0.1, 0.15) is 37.0 Å². The van der Waals surface area contributed by atoms with Gasteiger partial charge in [-0.15, -0.1) is 11.3 Å². The number of nitrogens with zero attached hydrogens (tertiary/aromatic N) is 1. The summed E-state index contributed by atoms with van der Waals surface area (Å²) in [5, 5.41) is 5.40. The number of anilines is 1. The number of thiazole rings is 1. The number of rotatable bonds is 8. The van der Waals surface area contributed by atoms with Crippen LogP contribution in [0.5, 0.6) is 11.5 Å². The second kappa shape index (κ2) is 8.74. The van der Waals surface area contributed by atoms with Gasteiger partial charge in [0.15, 0.2) is 16.6 Å². The molecule has 1 N–H and O–H groups in total. The SMILES string of the molecule is CCCCOc1c(Cl)cc(C(=O)Nc2nccs2)cc1OCC. The largest absolute Gasteiger partial charge is 0.490 e. The number of benzene rings is 1. The van der Waals surface area contributed by atoms with Crippen molar-refractivity contribution in [1.29, 1.82) is 0 Å². The van der Waals surface area contributed by atoms with Crippen LogP contribution in [-0.2, 0) is 0 Å². The van der Waals surface area contributed by atoms with Gasteiger partial charge in [0.05, 0.1) is 18.2 Å². The lowest BCUT2D eigenvalue weighted by molar-refractivity contribution is 0.102. The molecular formula is C16H19ClN2O3S. The summed E-state index contributed by atoms with van der Waals surface area (Å²) in [6.07, 6.45) is 3.58. The summed E-state index contributed by atoms with van der Waals surface area (Å²) >= 11 is 7.63. The Kier molecular flexibility index (Phi) is 6.67. The van der Waals surface area contributed by atoms with Gasteiger partial charge in [-0.2, -0.15) is 0 Å². The molecule has 0 aliphatic heterocycles. The van der Waals surface area contributed by atoms with Gasteiger partial charge in [0.1, 0.15) is 0 Å². The highest BCUT2D eigenvalue weighted by Gasteiger charge is 2.17. The fraction of sp³-hybridized carbons (Fsp3) is 0.375. The predicted octanol–water partition coefficient (Wildman–Crippen LogP) is 4.63. The molecule has 1 amide bonds. The molecule has 0 aliphatic rings. The van der Waals surface area contributed by atoms with Crippen LogP contribution >= 0.6 is 22.9 Å². The molecule has 124 valence electrons. The van der Waals surface area contributed by atoms with Crippen molar-refractivity contribution in [1.82, 2.24) is 4.98 Å². The maximum Gasteiger partial charge on any atom is 0.257 e. The van der Waals surface area contributed by atoms with E-state index in [1.54, 1.807) is 23.7 Å². The fourth-order valence-electron chi connectivity index (χ4n) is 1.88. The first-order valence-electron chi connectivity index (χ1n) is 7.45. The third kappa shape index (κ3) is 4.84. The Hall–Kier alpha value is -1.79. The van der Waals surface area contributed by atoms with Gasteiger partial charge in [-0.1, -0.05) is 24.9 Å². The van der Waals surface area contributed by atoms with E-state index in [0.29, 0.717) is 40.4 Å². The molecule has 0 radical (unpaired) electrons. The number of unbranched alkanes of at least 4 members (excludes halogenated alkanes) is 1. The van der Waals surface area contributed by atoms with Gasteiger partial charge in [0.2, 0.25) is 0 Å². The van der Waals surface area contributed by atoms with E-state index in [-0.39, 0.29) is 5.91 Å². The van der Waals surface area contributed by atoms with Gasteiger partial charge in [0.25, 0.3) is 5.91 Å². The maximum atomic E-state index is 12.3. The minimum absolute atomic E-state index is 0.289. The molecule has 0 saturated carbocycles. The molecule has 7 heteroatoms. The topological polar surface area (TPSA) is 60.5 Å². The predicted molar refractivity (Wildman–Crippen MR) is 93.1 cm³/mol. The van der Waals surface area contributed by atoms with Crippen molar-refractivity contribution >= 4 is 34.0 Å². The molecular weight excluding hydrogens is 336 g/mol. The first-order chi connectivity index (χ1) is 11.2. The van der Waals surface area contributed by atoms with Crippen LogP contribution in [-0.4, -0.2) is 24.1 Å². The van der Waals surface area contributed by atoms with Crippen LogP contribution in [0, 0.1) is 0 Å². The van der Waals surface area contributed by atoms with Crippen LogP contribution in [0.25, 0.3) is 0 Å². The normalized spacial score (nSPS) is 10.4. The van der Waals surface area contributed by atoms with E-state index in [4.69, 9.17) is 21.1 Å². The van der Waals surface area contributed by atoms with Gasteiger partial charge in [-0.05, 0) is 25.5 Å². The zero-order valence-corrected chi connectivity index (χ0v) is 14.7. The van der Waals surface area contributed by atoms with Crippen molar-refractivity contribution < 1.29 is 14.3 Å². The number of hydrogen-bond donors (Lipinski definition) is 1. The lowest BCUT2D eigenvalue weighted by Crippen LogP contribution is -2.12. The quantitative estimate of drug-likeness (QED) is 0.702. The molecule has 1 aromatic heterocycles. The Bertz CT molecular complexity index is 647. The zero-order chi connectivity index (χ0) is 16.7. The summed E-state index contributed by atoms with van der Waals surface area (Å²) in [5.41, 5.74) is 0.400. The number of carbonyl (C=O) groups is 1. The molecule has 2 rings (SSSR count). The molecule has 5 nitrogen and oxygen atoms in total. The molecule has 1 heterocycles. The number of ether oxygens (including phenoxy) is 2. The van der Waals surface area contributed by atoms with E-state index in [1.165, 1.54) is 11.3 Å². The van der Waals surface area contributed by atoms with E-state index in [9.17, 15) is 4.79 Å². The van der Waals surface area contributed by atoms with Crippen LogP contribution in [0.15, 0.2) is 23.7 Å². The number of aromatic nitrogens is 1. The van der Waals surface area contributed by atoms with Gasteiger partial charge >= 0.3 is 0 Å². The monoisotopic (exact) mass is 354 g/mol. The Morgan fingerprint density at radius 3 is 2.83 bits per heavy atom. The van der Waals surface area contributed by atoms with Gasteiger partial charge in [0, 0.05) is 17.1 Å². The van der Waals surface area contributed by atoms with Crippen molar-refractivity contribution in [2.45, 2.75) is 26.7 Å². The summed E-state index contributed by atoms with van der Waals surface area (Å²) in [7, 11) is 0. The molecule has 2 aromatic rings. The van der Waals surface area contributed by atoms with Crippen molar-refractivity contribution in [2.24, 2.45) is 0 Å². The summed E-state index contributed by atoms with van der Waals surface area (Å²) in [4.78, 5) is 16.3. The molecule has 1 aromatic carbocycles. The number of hydrogen-bond acceptors (Lipinski definition) is 5. The zero-order valence-electron chi connectivity index (χ0n) is 13.1. The third-order valence-electron chi connectivity index (χ3n) is 2.97. The number of carbonyl (C=O) groups excluding carboxylic acids is 1. The maximum absolute atomic E-state index is 12.3. The average Bonchev–Trinajstić information content (AvgIpc) is 3.03. The number of halogens is 1. The van der Waals surface area contributed by atoms with E-state index >= 15 is 0 Å². The Morgan fingerprint density at radius 2 is 2.17 bits per heavy atom.